The van der Waals surface area contributed by atoms with Crippen molar-refractivity contribution in [1.29, 1.82) is 0 Å². The molecule has 1 unspecified atom stereocenters. The maximum atomic E-state index is 12.4. The molecule has 1 aliphatic rings. The second-order valence-electron chi connectivity index (χ2n) is 5.39. The summed E-state index contributed by atoms with van der Waals surface area (Å²) in [7, 11) is 2.13. The van der Waals surface area contributed by atoms with Gasteiger partial charge >= 0.3 is 0 Å². The topological polar surface area (TPSA) is 49.6 Å². The molecule has 2 N–H and O–H groups in total. The average Bonchev–Trinajstić information content (AvgIpc) is 2.86. The molecule has 104 valence electrons. The van der Waals surface area contributed by atoms with E-state index in [9.17, 15) is 4.79 Å². The lowest BCUT2D eigenvalue weighted by Crippen LogP contribution is -2.31. The maximum Gasteiger partial charge on any atom is 0.253 e. The normalized spacial score (nSPS) is 19.1. The first-order valence-corrected chi connectivity index (χ1v) is 6.93. The number of carbonyl (C=O) groups is 1. The van der Waals surface area contributed by atoms with Crippen molar-refractivity contribution in [2.45, 2.75) is 13.3 Å². The smallest absolute Gasteiger partial charge is 0.253 e. The van der Waals surface area contributed by atoms with Crippen LogP contribution in [0.1, 0.15) is 23.7 Å². The Balaban J connectivity index is 1.95. The third-order valence-corrected chi connectivity index (χ3v) is 3.82. The SMILES string of the molecule is CCN(C)CC1CCN(C(=O)c2cccc(N)c2)C1. The Kier molecular flexibility index (Phi) is 4.43. The number of rotatable bonds is 4. The number of anilines is 1. The van der Waals surface area contributed by atoms with E-state index >= 15 is 0 Å². The molecule has 0 radical (unpaired) electrons. The molecule has 1 aromatic rings. The monoisotopic (exact) mass is 261 g/mol. The van der Waals surface area contributed by atoms with Crippen molar-refractivity contribution >= 4 is 11.6 Å². The number of carbonyl (C=O) groups excluding carboxylic acids is 1. The second kappa shape index (κ2) is 6.06. The van der Waals surface area contributed by atoms with Crippen LogP contribution in [0.5, 0.6) is 0 Å². The Morgan fingerprint density at radius 2 is 2.32 bits per heavy atom. The molecule has 1 fully saturated rings. The minimum absolute atomic E-state index is 0.106. The summed E-state index contributed by atoms with van der Waals surface area (Å²) in [6.45, 7) is 6.00. The van der Waals surface area contributed by atoms with Crippen LogP contribution in [0, 0.1) is 5.92 Å². The van der Waals surface area contributed by atoms with Crippen molar-refractivity contribution in [1.82, 2.24) is 9.80 Å². The standard InChI is InChI=1S/C15H23N3O/c1-3-17(2)10-12-7-8-18(11-12)15(19)13-5-4-6-14(16)9-13/h4-6,9,12H,3,7-8,10-11,16H2,1-2H3. The van der Waals surface area contributed by atoms with E-state index in [0.717, 1.165) is 32.6 Å². The molecule has 4 heteroatoms. The lowest BCUT2D eigenvalue weighted by molar-refractivity contribution is 0.0784. The number of hydrogen-bond acceptors (Lipinski definition) is 3. The highest BCUT2D eigenvalue weighted by molar-refractivity contribution is 5.95. The molecular weight excluding hydrogens is 238 g/mol. The molecule has 0 saturated carbocycles. The lowest BCUT2D eigenvalue weighted by Gasteiger charge is -2.20. The van der Waals surface area contributed by atoms with Gasteiger partial charge in [0.25, 0.3) is 5.91 Å². The number of nitrogens with zero attached hydrogens (tertiary/aromatic N) is 2. The Hall–Kier alpha value is -1.55. The summed E-state index contributed by atoms with van der Waals surface area (Å²) in [6.07, 6.45) is 1.10. The summed E-state index contributed by atoms with van der Waals surface area (Å²) in [6, 6.07) is 7.23. The fraction of sp³-hybridized carbons (Fsp3) is 0.533. The van der Waals surface area contributed by atoms with Crippen molar-refractivity contribution in [2.24, 2.45) is 5.92 Å². The number of likely N-dealkylation sites (tertiary alicyclic amines) is 1. The van der Waals surface area contributed by atoms with E-state index in [4.69, 9.17) is 5.73 Å². The molecule has 4 nitrogen and oxygen atoms in total. The van der Waals surface area contributed by atoms with Crippen LogP contribution in [-0.4, -0.2) is 48.9 Å². The fourth-order valence-electron chi connectivity index (χ4n) is 2.59. The molecule has 0 spiro atoms. The van der Waals surface area contributed by atoms with Crippen LogP contribution < -0.4 is 5.73 Å². The number of amides is 1. The molecule has 1 aromatic carbocycles. The zero-order valence-corrected chi connectivity index (χ0v) is 11.8. The van der Waals surface area contributed by atoms with Crippen LogP contribution >= 0.6 is 0 Å². The zero-order chi connectivity index (χ0) is 13.8. The van der Waals surface area contributed by atoms with Crippen molar-refractivity contribution in [3.05, 3.63) is 29.8 Å². The first kappa shape index (κ1) is 13.9. The van der Waals surface area contributed by atoms with Gasteiger partial charge in [-0.2, -0.15) is 0 Å². The quantitative estimate of drug-likeness (QED) is 0.839. The van der Waals surface area contributed by atoms with Crippen molar-refractivity contribution in [3.63, 3.8) is 0 Å². The maximum absolute atomic E-state index is 12.4. The van der Waals surface area contributed by atoms with Crippen LogP contribution in [0.3, 0.4) is 0 Å². The van der Waals surface area contributed by atoms with Crippen LogP contribution in [0.4, 0.5) is 5.69 Å². The average molecular weight is 261 g/mol. The van der Waals surface area contributed by atoms with Gasteiger partial charge in [0.1, 0.15) is 0 Å². The molecule has 1 saturated heterocycles. The van der Waals surface area contributed by atoms with Gasteiger partial charge in [0.2, 0.25) is 0 Å². The Morgan fingerprint density at radius 3 is 3.00 bits per heavy atom. The van der Waals surface area contributed by atoms with E-state index in [2.05, 4.69) is 18.9 Å². The predicted molar refractivity (Wildman–Crippen MR) is 78.0 cm³/mol. The highest BCUT2D eigenvalue weighted by atomic mass is 16.2. The van der Waals surface area contributed by atoms with E-state index in [-0.39, 0.29) is 5.91 Å². The van der Waals surface area contributed by atoms with Crippen LogP contribution in [0.15, 0.2) is 24.3 Å². The molecular formula is C15H23N3O. The second-order valence-corrected chi connectivity index (χ2v) is 5.39. The summed E-state index contributed by atoms with van der Waals surface area (Å²) in [5.74, 6) is 0.698. The van der Waals surface area contributed by atoms with E-state index in [1.54, 1.807) is 12.1 Å². The molecule has 0 bridgehead atoms. The summed E-state index contributed by atoms with van der Waals surface area (Å²) in [5, 5.41) is 0. The fourth-order valence-corrected chi connectivity index (χ4v) is 2.59. The van der Waals surface area contributed by atoms with Crippen molar-refractivity contribution in [3.8, 4) is 0 Å². The van der Waals surface area contributed by atoms with Gasteiger partial charge in [-0.15, -0.1) is 0 Å². The predicted octanol–water partition coefficient (Wildman–Crippen LogP) is 1.68. The number of nitrogen functional groups attached to an aromatic ring is 1. The Morgan fingerprint density at radius 1 is 1.53 bits per heavy atom. The third-order valence-electron chi connectivity index (χ3n) is 3.82. The van der Waals surface area contributed by atoms with E-state index in [1.807, 2.05) is 17.0 Å². The van der Waals surface area contributed by atoms with Gasteiger partial charge in [-0.1, -0.05) is 13.0 Å². The van der Waals surface area contributed by atoms with Crippen LogP contribution in [-0.2, 0) is 0 Å². The molecule has 0 aromatic heterocycles. The molecule has 0 aliphatic carbocycles. The van der Waals surface area contributed by atoms with Gasteiger partial charge in [0.05, 0.1) is 0 Å². The molecule has 1 atom stereocenters. The number of nitrogens with two attached hydrogens (primary N) is 1. The summed E-state index contributed by atoms with van der Waals surface area (Å²) in [4.78, 5) is 16.6. The van der Waals surface area contributed by atoms with Gasteiger partial charge < -0.3 is 15.5 Å². The number of benzene rings is 1. The molecule has 1 amide bonds. The molecule has 2 rings (SSSR count). The van der Waals surface area contributed by atoms with Crippen LogP contribution in [0.2, 0.25) is 0 Å². The van der Waals surface area contributed by atoms with E-state index in [1.165, 1.54) is 0 Å². The summed E-state index contributed by atoms with van der Waals surface area (Å²) < 4.78 is 0. The minimum Gasteiger partial charge on any atom is -0.399 e. The molecule has 1 heterocycles. The Labute approximate surface area is 115 Å². The largest absolute Gasteiger partial charge is 0.399 e. The highest BCUT2D eigenvalue weighted by Crippen LogP contribution is 2.20. The van der Waals surface area contributed by atoms with Gasteiger partial charge in [0.15, 0.2) is 0 Å². The van der Waals surface area contributed by atoms with Gasteiger partial charge in [-0.05, 0) is 44.1 Å². The van der Waals surface area contributed by atoms with E-state index < -0.39 is 0 Å². The van der Waals surface area contributed by atoms with E-state index in [0.29, 0.717) is 17.2 Å². The van der Waals surface area contributed by atoms with Crippen molar-refractivity contribution < 1.29 is 4.79 Å². The van der Waals surface area contributed by atoms with Crippen LogP contribution in [0.25, 0.3) is 0 Å². The first-order chi connectivity index (χ1) is 9.10. The molecule has 19 heavy (non-hydrogen) atoms. The summed E-state index contributed by atoms with van der Waals surface area (Å²) in [5.41, 5.74) is 7.07. The molecule has 1 aliphatic heterocycles. The minimum atomic E-state index is 0.106. The van der Waals surface area contributed by atoms with Gasteiger partial charge in [-0.25, -0.2) is 0 Å². The lowest BCUT2D eigenvalue weighted by atomic mass is 10.1. The Bertz CT molecular complexity index is 447. The number of hydrogen-bond donors (Lipinski definition) is 1. The highest BCUT2D eigenvalue weighted by Gasteiger charge is 2.27. The third kappa shape index (κ3) is 3.47. The first-order valence-electron chi connectivity index (χ1n) is 6.93. The van der Waals surface area contributed by atoms with Crippen molar-refractivity contribution in [2.75, 3.05) is 39.0 Å². The van der Waals surface area contributed by atoms with Gasteiger partial charge in [0, 0.05) is 30.9 Å². The zero-order valence-electron chi connectivity index (χ0n) is 11.8. The summed E-state index contributed by atoms with van der Waals surface area (Å²) >= 11 is 0. The van der Waals surface area contributed by atoms with Gasteiger partial charge in [-0.3, -0.25) is 4.79 Å².